The van der Waals surface area contributed by atoms with Crippen LogP contribution >= 0.6 is 0 Å². The van der Waals surface area contributed by atoms with Crippen molar-refractivity contribution in [1.82, 2.24) is 5.48 Å². The van der Waals surface area contributed by atoms with Crippen molar-refractivity contribution in [2.24, 2.45) is 11.8 Å². The number of nitrogens with one attached hydrogen (secondary N) is 1. The maximum atomic E-state index is 12.9. The lowest BCUT2D eigenvalue weighted by atomic mass is 9.78. The summed E-state index contributed by atoms with van der Waals surface area (Å²) in [6.07, 6.45) is 1.07. The predicted octanol–water partition coefficient (Wildman–Crippen LogP) is 3.35. The lowest BCUT2D eigenvalue weighted by Gasteiger charge is -2.32. The zero-order valence-electron chi connectivity index (χ0n) is 10.8. The van der Waals surface area contributed by atoms with Gasteiger partial charge in [0.15, 0.2) is 0 Å². The molecule has 0 heterocycles. The predicted molar refractivity (Wildman–Crippen MR) is 63.0 cm³/mol. The largest absolute Gasteiger partial charge is 0.392 e. The van der Waals surface area contributed by atoms with Crippen molar-refractivity contribution in [2.45, 2.75) is 63.6 Å². The van der Waals surface area contributed by atoms with Crippen LogP contribution in [0.25, 0.3) is 0 Å². The van der Waals surface area contributed by atoms with Crippen LogP contribution in [0.3, 0.4) is 0 Å². The van der Waals surface area contributed by atoms with Crippen LogP contribution in [0.1, 0.15) is 51.4 Å². The Hall–Kier alpha value is -0.780. The van der Waals surface area contributed by atoms with Gasteiger partial charge >= 0.3 is 6.18 Å². The molecule has 1 N–H and O–H groups in total. The zero-order chi connectivity index (χ0) is 13.9. The molecule has 0 saturated heterocycles. The van der Waals surface area contributed by atoms with Gasteiger partial charge < -0.3 is 0 Å². The van der Waals surface area contributed by atoms with Gasteiger partial charge in [-0.1, -0.05) is 25.7 Å². The van der Waals surface area contributed by atoms with Crippen LogP contribution in [0.5, 0.6) is 0 Å². The molecule has 6 heteroatoms. The highest BCUT2D eigenvalue weighted by Crippen LogP contribution is 2.41. The minimum atomic E-state index is -4.30. The number of halogens is 3. The van der Waals surface area contributed by atoms with Gasteiger partial charge in [-0.2, -0.15) is 13.2 Å². The van der Waals surface area contributed by atoms with Crippen LogP contribution in [0.4, 0.5) is 13.2 Å². The van der Waals surface area contributed by atoms with E-state index in [9.17, 15) is 18.0 Å². The van der Waals surface area contributed by atoms with Gasteiger partial charge in [-0.15, -0.1) is 0 Å². The van der Waals surface area contributed by atoms with Crippen molar-refractivity contribution in [1.29, 1.82) is 0 Å². The minimum Gasteiger partial charge on any atom is -0.272 e. The van der Waals surface area contributed by atoms with Gasteiger partial charge in [0.1, 0.15) is 0 Å². The Labute approximate surface area is 110 Å². The average Bonchev–Trinajstić information content (AvgIpc) is 2.88. The number of amides is 1. The molecular weight excluding hydrogens is 259 g/mol. The van der Waals surface area contributed by atoms with E-state index < -0.39 is 23.9 Å². The highest BCUT2D eigenvalue weighted by atomic mass is 19.4. The van der Waals surface area contributed by atoms with Crippen LogP contribution in [0, 0.1) is 11.8 Å². The summed E-state index contributed by atoms with van der Waals surface area (Å²) in [4.78, 5) is 17.1. The lowest BCUT2D eigenvalue weighted by Crippen LogP contribution is -2.43. The number of hydroxylamine groups is 1. The van der Waals surface area contributed by atoms with E-state index in [-0.39, 0.29) is 12.5 Å². The summed E-state index contributed by atoms with van der Waals surface area (Å²) in [5.74, 6) is -3.11. The summed E-state index contributed by atoms with van der Waals surface area (Å²) < 4.78 is 38.6. The molecule has 2 atom stereocenters. The van der Waals surface area contributed by atoms with Crippen LogP contribution in [-0.2, 0) is 9.63 Å². The molecule has 2 aliphatic carbocycles. The highest BCUT2D eigenvalue weighted by molar-refractivity contribution is 5.78. The number of carbonyl (C=O) groups is 1. The van der Waals surface area contributed by atoms with Crippen molar-refractivity contribution in [2.75, 3.05) is 0 Å². The topological polar surface area (TPSA) is 38.3 Å². The van der Waals surface area contributed by atoms with E-state index in [2.05, 4.69) is 5.48 Å². The van der Waals surface area contributed by atoms with Gasteiger partial charge in [0, 0.05) is 0 Å². The summed E-state index contributed by atoms with van der Waals surface area (Å²) in [7, 11) is 0. The van der Waals surface area contributed by atoms with Crippen LogP contribution in [0.15, 0.2) is 0 Å². The maximum absolute atomic E-state index is 12.9. The molecule has 0 spiro atoms. The second-order valence-corrected chi connectivity index (χ2v) is 5.53. The zero-order valence-corrected chi connectivity index (χ0v) is 10.8. The molecular formula is C13H20F3NO2. The third-order valence-electron chi connectivity index (χ3n) is 4.15. The summed E-state index contributed by atoms with van der Waals surface area (Å²) in [5.41, 5.74) is 2.26. The fraction of sp³-hybridized carbons (Fsp3) is 0.923. The molecule has 1 amide bonds. The van der Waals surface area contributed by atoms with E-state index in [0.29, 0.717) is 19.3 Å². The standard InChI is InChI=1S/C13H20F3NO2/c14-13(15,16)11-8-4-3-7-10(11)12(18)17-19-9-5-1-2-6-9/h9-11H,1-8H2,(H,17,18). The highest BCUT2D eigenvalue weighted by Gasteiger charge is 2.48. The Morgan fingerprint density at radius 1 is 1.00 bits per heavy atom. The first-order valence-corrected chi connectivity index (χ1v) is 7.00. The lowest BCUT2D eigenvalue weighted by molar-refractivity contribution is -0.201. The number of hydrogen-bond donors (Lipinski definition) is 1. The Morgan fingerprint density at radius 3 is 2.21 bits per heavy atom. The second kappa shape index (κ2) is 6.11. The SMILES string of the molecule is O=C(NOC1CCCC1)C1CCCCC1C(F)(F)F. The maximum Gasteiger partial charge on any atom is 0.392 e. The molecule has 0 bridgehead atoms. The van der Waals surface area contributed by atoms with Crippen LogP contribution in [0.2, 0.25) is 0 Å². The van der Waals surface area contributed by atoms with Gasteiger partial charge in [0.2, 0.25) is 5.91 Å². The van der Waals surface area contributed by atoms with E-state index in [4.69, 9.17) is 4.84 Å². The molecule has 0 aliphatic heterocycles. The molecule has 110 valence electrons. The van der Waals surface area contributed by atoms with Crippen molar-refractivity contribution in [3.8, 4) is 0 Å². The smallest absolute Gasteiger partial charge is 0.272 e. The molecule has 0 aromatic carbocycles. The molecule has 19 heavy (non-hydrogen) atoms. The van der Waals surface area contributed by atoms with Crippen molar-refractivity contribution in [3.05, 3.63) is 0 Å². The number of carbonyl (C=O) groups excluding carboxylic acids is 1. The monoisotopic (exact) mass is 279 g/mol. The first-order valence-electron chi connectivity index (χ1n) is 7.00. The van der Waals surface area contributed by atoms with E-state index in [1.165, 1.54) is 0 Å². The molecule has 3 nitrogen and oxygen atoms in total. The number of alkyl halides is 3. The number of hydrogen-bond acceptors (Lipinski definition) is 2. The molecule has 0 aromatic rings. The van der Waals surface area contributed by atoms with E-state index in [1.807, 2.05) is 0 Å². The van der Waals surface area contributed by atoms with Crippen molar-refractivity contribution in [3.63, 3.8) is 0 Å². The molecule has 2 rings (SSSR count). The molecule has 2 aliphatic rings. The summed E-state index contributed by atoms with van der Waals surface area (Å²) in [6.45, 7) is 0. The van der Waals surface area contributed by atoms with Gasteiger partial charge in [0.25, 0.3) is 0 Å². The van der Waals surface area contributed by atoms with E-state index in [1.54, 1.807) is 0 Å². The quantitative estimate of drug-likeness (QED) is 0.805. The minimum absolute atomic E-state index is 0.0307. The number of rotatable bonds is 3. The Morgan fingerprint density at radius 2 is 1.58 bits per heavy atom. The van der Waals surface area contributed by atoms with Crippen molar-refractivity contribution < 1.29 is 22.8 Å². The molecule has 0 radical (unpaired) electrons. The van der Waals surface area contributed by atoms with E-state index >= 15 is 0 Å². The average molecular weight is 279 g/mol. The van der Waals surface area contributed by atoms with Crippen LogP contribution < -0.4 is 5.48 Å². The third-order valence-corrected chi connectivity index (χ3v) is 4.15. The third kappa shape index (κ3) is 3.84. The Balaban J connectivity index is 1.87. The normalized spacial score (nSPS) is 29.4. The molecule has 0 aromatic heterocycles. The summed E-state index contributed by atoms with van der Waals surface area (Å²) in [6, 6.07) is 0. The van der Waals surface area contributed by atoms with Crippen LogP contribution in [-0.4, -0.2) is 18.2 Å². The Kier molecular flexibility index (Phi) is 4.71. The van der Waals surface area contributed by atoms with Gasteiger partial charge in [-0.3, -0.25) is 9.63 Å². The fourth-order valence-electron chi connectivity index (χ4n) is 3.06. The Bertz CT molecular complexity index is 314. The van der Waals surface area contributed by atoms with E-state index in [0.717, 1.165) is 25.7 Å². The van der Waals surface area contributed by atoms with Gasteiger partial charge in [0.05, 0.1) is 17.9 Å². The van der Waals surface area contributed by atoms with Gasteiger partial charge in [-0.25, -0.2) is 5.48 Å². The molecule has 2 fully saturated rings. The fourth-order valence-corrected chi connectivity index (χ4v) is 3.06. The van der Waals surface area contributed by atoms with Crippen molar-refractivity contribution >= 4 is 5.91 Å². The first kappa shape index (κ1) is 14.6. The summed E-state index contributed by atoms with van der Waals surface area (Å²) in [5, 5.41) is 0. The van der Waals surface area contributed by atoms with Gasteiger partial charge in [-0.05, 0) is 25.7 Å². The second-order valence-electron chi connectivity index (χ2n) is 5.53. The molecule has 2 saturated carbocycles. The summed E-state index contributed by atoms with van der Waals surface area (Å²) >= 11 is 0. The first-order chi connectivity index (χ1) is 8.98. The molecule has 2 unspecified atom stereocenters.